The van der Waals surface area contributed by atoms with Gasteiger partial charge in [0.1, 0.15) is 5.69 Å². The normalized spacial score (nSPS) is 16.6. The number of nitrogens with zero attached hydrogens (tertiary/aromatic N) is 1. The van der Waals surface area contributed by atoms with Gasteiger partial charge in [0, 0.05) is 26.5 Å². The number of aromatic nitrogens is 1. The quantitative estimate of drug-likeness (QED) is 0.756. The first-order chi connectivity index (χ1) is 9.76. The lowest BCUT2D eigenvalue weighted by Gasteiger charge is -2.26. The van der Waals surface area contributed by atoms with Crippen molar-refractivity contribution < 1.29 is 14.3 Å². The third-order valence-electron chi connectivity index (χ3n) is 3.67. The van der Waals surface area contributed by atoms with Crippen LogP contribution in [0.25, 0.3) is 0 Å². The Morgan fingerprint density at radius 3 is 2.80 bits per heavy atom. The maximum atomic E-state index is 12.2. The lowest BCUT2D eigenvalue weighted by atomic mass is 10.1. The van der Waals surface area contributed by atoms with Gasteiger partial charge in [0.25, 0.3) is 5.91 Å². The summed E-state index contributed by atoms with van der Waals surface area (Å²) in [6.45, 7) is 2.34. The number of piperidine rings is 1. The fourth-order valence-electron chi connectivity index (χ4n) is 2.52. The topological polar surface area (TPSA) is 64.5 Å². The molecule has 0 unspecified atom stereocenters. The van der Waals surface area contributed by atoms with E-state index in [4.69, 9.17) is 9.47 Å². The first-order valence-electron chi connectivity index (χ1n) is 6.97. The van der Waals surface area contributed by atoms with Gasteiger partial charge in [-0.05, 0) is 38.1 Å². The minimum atomic E-state index is -0.416. The van der Waals surface area contributed by atoms with Gasteiger partial charge in [0.2, 0.25) is 0 Å². The van der Waals surface area contributed by atoms with E-state index in [1.807, 2.05) is 18.3 Å². The second-order valence-corrected chi connectivity index (χ2v) is 4.89. The average molecular weight is 281 g/mol. The Morgan fingerprint density at radius 1 is 1.45 bits per heavy atom. The van der Waals surface area contributed by atoms with Crippen LogP contribution >= 0.6 is 0 Å². The first kappa shape index (κ1) is 15.0. The number of hydrogen-bond acceptors (Lipinski definition) is 4. The number of hydrogen-bond donors (Lipinski definition) is 2. The third-order valence-corrected chi connectivity index (χ3v) is 3.67. The smallest absolute Gasteiger partial charge is 0.268 e. The zero-order valence-electron chi connectivity index (χ0n) is 12.1. The molecule has 6 nitrogen and oxygen atoms in total. The van der Waals surface area contributed by atoms with Gasteiger partial charge in [-0.25, -0.2) is 0 Å². The van der Waals surface area contributed by atoms with Gasteiger partial charge in [0.05, 0.1) is 6.54 Å². The fraction of sp³-hybridized carbons (Fsp3) is 0.643. The van der Waals surface area contributed by atoms with Gasteiger partial charge in [0.15, 0.2) is 6.29 Å². The van der Waals surface area contributed by atoms with E-state index in [0.717, 1.165) is 25.9 Å². The molecule has 1 aromatic rings. The second kappa shape index (κ2) is 7.42. The molecule has 2 rings (SSSR count). The second-order valence-electron chi connectivity index (χ2n) is 4.89. The molecule has 1 saturated heterocycles. The lowest BCUT2D eigenvalue weighted by Crippen LogP contribution is -2.36. The molecule has 2 heterocycles. The summed E-state index contributed by atoms with van der Waals surface area (Å²) in [4.78, 5) is 12.2. The number of amides is 1. The average Bonchev–Trinajstić information content (AvgIpc) is 2.98. The van der Waals surface area contributed by atoms with Gasteiger partial charge < -0.3 is 24.7 Å². The highest BCUT2D eigenvalue weighted by Crippen LogP contribution is 2.21. The van der Waals surface area contributed by atoms with E-state index in [9.17, 15) is 4.79 Å². The first-order valence-corrected chi connectivity index (χ1v) is 6.97. The molecular weight excluding hydrogens is 258 g/mol. The van der Waals surface area contributed by atoms with Crippen molar-refractivity contribution in [3.63, 3.8) is 0 Å². The fourth-order valence-corrected chi connectivity index (χ4v) is 2.52. The Balaban J connectivity index is 1.98. The predicted octanol–water partition coefficient (Wildman–Crippen LogP) is 0.761. The van der Waals surface area contributed by atoms with Crippen molar-refractivity contribution in [1.29, 1.82) is 0 Å². The zero-order chi connectivity index (χ0) is 14.4. The summed E-state index contributed by atoms with van der Waals surface area (Å²) in [7, 11) is 3.11. The van der Waals surface area contributed by atoms with Crippen LogP contribution in [0.2, 0.25) is 0 Å². The van der Waals surface area contributed by atoms with Crippen LogP contribution < -0.4 is 10.6 Å². The molecule has 1 aromatic heterocycles. The third kappa shape index (κ3) is 3.59. The summed E-state index contributed by atoms with van der Waals surface area (Å²) < 4.78 is 12.2. The number of carbonyl (C=O) groups excluding carboxylic acids is 1. The van der Waals surface area contributed by atoms with Crippen molar-refractivity contribution in [3.8, 4) is 0 Å². The Hall–Kier alpha value is -1.37. The summed E-state index contributed by atoms with van der Waals surface area (Å²) in [6, 6.07) is 4.17. The van der Waals surface area contributed by atoms with Crippen molar-refractivity contribution in [1.82, 2.24) is 15.2 Å². The molecule has 112 valence electrons. The molecule has 6 heteroatoms. The molecule has 1 fully saturated rings. The SMILES string of the molecule is COC(CNC(=O)c1cccn1C1CCNCC1)OC. The van der Waals surface area contributed by atoms with Crippen LogP contribution in [0.3, 0.4) is 0 Å². The van der Waals surface area contributed by atoms with Gasteiger partial charge in [-0.2, -0.15) is 0 Å². The van der Waals surface area contributed by atoms with Crippen molar-refractivity contribution >= 4 is 5.91 Å². The van der Waals surface area contributed by atoms with E-state index in [-0.39, 0.29) is 5.91 Å². The Kier molecular flexibility index (Phi) is 5.58. The van der Waals surface area contributed by atoms with E-state index in [2.05, 4.69) is 15.2 Å². The Bertz CT molecular complexity index is 423. The van der Waals surface area contributed by atoms with Crippen molar-refractivity contribution in [2.24, 2.45) is 0 Å². The van der Waals surface area contributed by atoms with E-state index < -0.39 is 6.29 Å². The number of ether oxygens (including phenoxy) is 2. The molecular formula is C14H23N3O3. The van der Waals surface area contributed by atoms with Crippen LogP contribution in [0.4, 0.5) is 0 Å². The predicted molar refractivity (Wildman–Crippen MR) is 75.7 cm³/mol. The van der Waals surface area contributed by atoms with Crippen LogP contribution in [0.15, 0.2) is 18.3 Å². The molecule has 0 spiro atoms. The van der Waals surface area contributed by atoms with Crippen molar-refractivity contribution in [2.75, 3.05) is 33.9 Å². The molecule has 0 atom stereocenters. The van der Waals surface area contributed by atoms with Crippen LogP contribution in [0.1, 0.15) is 29.4 Å². The van der Waals surface area contributed by atoms with E-state index in [1.54, 1.807) is 14.2 Å². The highest BCUT2D eigenvalue weighted by Gasteiger charge is 2.20. The highest BCUT2D eigenvalue weighted by atomic mass is 16.7. The van der Waals surface area contributed by atoms with Crippen LogP contribution in [-0.2, 0) is 9.47 Å². The minimum absolute atomic E-state index is 0.0902. The standard InChI is InChI=1S/C14H23N3O3/c1-19-13(20-2)10-16-14(18)12-4-3-9-17(12)11-5-7-15-8-6-11/h3-4,9,11,13,15H,5-8,10H2,1-2H3,(H,16,18). The number of rotatable bonds is 6. The highest BCUT2D eigenvalue weighted by molar-refractivity contribution is 5.92. The number of carbonyl (C=O) groups is 1. The molecule has 1 aliphatic heterocycles. The van der Waals surface area contributed by atoms with Gasteiger partial charge in [-0.1, -0.05) is 0 Å². The van der Waals surface area contributed by atoms with E-state index in [0.29, 0.717) is 18.3 Å². The molecule has 1 aliphatic rings. The lowest BCUT2D eigenvalue weighted by molar-refractivity contribution is -0.0974. The maximum absolute atomic E-state index is 12.2. The van der Waals surface area contributed by atoms with Crippen LogP contribution in [0.5, 0.6) is 0 Å². The number of nitrogens with one attached hydrogen (secondary N) is 2. The molecule has 2 N–H and O–H groups in total. The van der Waals surface area contributed by atoms with Gasteiger partial charge >= 0.3 is 0 Å². The summed E-state index contributed by atoms with van der Waals surface area (Å²) in [6.07, 6.45) is 3.66. The van der Waals surface area contributed by atoms with E-state index >= 15 is 0 Å². The molecule has 0 aromatic carbocycles. The Labute approximate surface area is 119 Å². The molecule has 0 aliphatic carbocycles. The molecule has 20 heavy (non-hydrogen) atoms. The molecule has 0 saturated carbocycles. The van der Waals surface area contributed by atoms with Crippen LogP contribution in [0, 0.1) is 0 Å². The zero-order valence-corrected chi connectivity index (χ0v) is 12.1. The Morgan fingerprint density at radius 2 is 2.15 bits per heavy atom. The molecule has 0 radical (unpaired) electrons. The summed E-state index contributed by atoms with van der Waals surface area (Å²) in [5.41, 5.74) is 0.697. The van der Waals surface area contributed by atoms with Gasteiger partial charge in [-0.3, -0.25) is 4.79 Å². The summed E-state index contributed by atoms with van der Waals surface area (Å²) in [5.74, 6) is -0.0902. The summed E-state index contributed by atoms with van der Waals surface area (Å²) in [5, 5.41) is 6.17. The summed E-state index contributed by atoms with van der Waals surface area (Å²) >= 11 is 0. The van der Waals surface area contributed by atoms with Crippen molar-refractivity contribution in [2.45, 2.75) is 25.2 Å². The maximum Gasteiger partial charge on any atom is 0.268 e. The minimum Gasteiger partial charge on any atom is -0.354 e. The van der Waals surface area contributed by atoms with E-state index in [1.165, 1.54) is 0 Å². The largest absolute Gasteiger partial charge is 0.354 e. The van der Waals surface area contributed by atoms with Crippen molar-refractivity contribution in [3.05, 3.63) is 24.0 Å². The van der Waals surface area contributed by atoms with Crippen LogP contribution in [-0.4, -0.2) is 50.6 Å². The van der Waals surface area contributed by atoms with Gasteiger partial charge in [-0.15, -0.1) is 0 Å². The molecule has 1 amide bonds. The number of methoxy groups -OCH3 is 2. The molecule has 0 bridgehead atoms. The monoisotopic (exact) mass is 281 g/mol.